The molecule has 0 saturated carbocycles. The highest BCUT2D eigenvalue weighted by atomic mass is 32.2. The monoisotopic (exact) mass is 311 g/mol. The van der Waals surface area contributed by atoms with Crippen LogP contribution < -0.4 is 15.2 Å². The van der Waals surface area contributed by atoms with Crippen molar-refractivity contribution in [2.45, 2.75) is 18.0 Å². The van der Waals surface area contributed by atoms with Crippen molar-refractivity contribution in [1.82, 2.24) is 19.5 Å². The van der Waals surface area contributed by atoms with Crippen LogP contribution in [0.3, 0.4) is 0 Å². The summed E-state index contributed by atoms with van der Waals surface area (Å²) < 4.78 is 33.9. The summed E-state index contributed by atoms with van der Waals surface area (Å²) in [4.78, 5) is 0.0596. The lowest BCUT2D eigenvalue weighted by Crippen LogP contribution is -2.25. The third kappa shape index (κ3) is 3.38. The van der Waals surface area contributed by atoms with Gasteiger partial charge in [-0.2, -0.15) is 0 Å². The van der Waals surface area contributed by atoms with Gasteiger partial charge in [-0.05, 0) is 17.7 Å². The van der Waals surface area contributed by atoms with Gasteiger partial charge in [0, 0.05) is 13.6 Å². The first kappa shape index (κ1) is 15.4. The number of nitrogens with one attached hydrogen (secondary N) is 1. The summed E-state index contributed by atoms with van der Waals surface area (Å²) in [5, 5.41) is 7.51. The van der Waals surface area contributed by atoms with E-state index in [0.29, 0.717) is 12.4 Å². The summed E-state index contributed by atoms with van der Waals surface area (Å²) in [6.45, 7) is 0.351. The number of aromatic nitrogens is 3. The number of hydrogen-bond acceptors (Lipinski definition) is 6. The predicted octanol–water partition coefficient (Wildman–Crippen LogP) is -0.239. The van der Waals surface area contributed by atoms with E-state index in [9.17, 15) is 8.42 Å². The van der Waals surface area contributed by atoms with Crippen LogP contribution in [0.15, 0.2) is 29.4 Å². The summed E-state index contributed by atoms with van der Waals surface area (Å²) in [6, 6.07) is 4.73. The zero-order chi connectivity index (χ0) is 15.5. The quantitative estimate of drug-likeness (QED) is 0.761. The van der Waals surface area contributed by atoms with Gasteiger partial charge in [0.05, 0.1) is 13.7 Å². The summed E-state index contributed by atoms with van der Waals surface area (Å²) in [6.07, 6.45) is 1.50. The zero-order valence-electron chi connectivity index (χ0n) is 11.8. The summed E-state index contributed by atoms with van der Waals surface area (Å²) in [5.74, 6) is 0.763. The highest BCUT2D eigenvalue weighted by Crippen LogP contribution is 2.24. The van der Waals surface area contributed by atoms with Crippen LogP contribution in [0.4, 0.5) is 0 Å². The van der Waals surface area contributed by atoms with Crippen molar-refractivity contribution in [3.8, 4) is 5.75 Å². The molecule has 9 heteroatoms. The predicted molar refractivity (Wildman–Crippen MR) is 75.9 cm³/mol. The molecular formula is C12H17N5O3S. The molecule has 0 aliphatic heterocycles. The Hall–Kier alpha value is -1.97. The molecule has 114 valence electrons. The molecular weight excluding hydrogens is 294 g/mol. The standard InChI is InChI=1S/C12H17N5O3S/c1-17-8-14-16-12(17)7-15-21(18,19)11-4-3-9(6-13)5-10(11)20-2/h3-5,8,15H,6-7,13H2,1-2H3. The van der Waals surface area contributed by atoms with E-state index in [2.05, 4.69) is 14.9 Å². The first-order chi connectivity index (χ1) is 9.97. The molecule has 2 aromatic rings. The maximum Gasteiger partial charge on any atom is 0.244 e. The number of ether oxygens (including phenoxy) is 1. The number of nitrogens with zero attached hydrogens (tertiary/aromatic N) is 3. The average molecular weight is 311 g/mol. The fourth-order valence-electron chi connectivity index (χ4n) is 1.77. The summed E-state index contributed by atoms with van der Waals surface area (Å²) >= 11 is 0. The van der Waals surface area contributed by atoms with E-state index < -0.39 is 10.0 Å². The molecule has 1 heterocycles. The third-order valence-electron chi connectivity index (χ3n) is 2.98. The second-order valence-electron chi connectivity index (χ2n) is 4.37. The number of rotatable bonds is 6. The smallest absolute Gasteiger partial charge is 0.244 e. The second kappa shape index (κ2) is 6.20. The Labute approximate surface area is 123 Å². The SMILES string of the molecule is COc1cc(CN)ccc1S(=O)(=O)NCc1nncn1C. The lowest BCUT2D eigenvalue weighted by Gasteiger charge is -2.11. The van der Waals surface area contributed by atoms with Gasteiger partial charge < -0.3 is 15.0 Å². The van der Waals surface area contributed by atoms with Crippen LogP contribution in [0.5, 0.6) is 5.75 Å². The van der Waals surface area contributed by atoms with Crippen LogP contribution in [0.25, 0.3) is 0 Å². The van der Waals surface area contributed by atoms with E-state index >= 15 is 0 Å². The molecule has 0 aliphatic carbocycles. The number of hydrogen-bond donors (Lipinski definition) is 2. The van der Waals surface area contributed by atoms with Gasteiger partial charge in [0.15, 0.2) is 0 Å². The maximum atomic E-state index is 12.3. The van der Waals surface area contributed by atoms with E-state index in [1.165, 1.54) is 19.5 Å². The third-order valence-corrected chi connectivity index (χ3v) is 4.42. The maximum absolute atomic E-state index is 12.3. The van der Waals surface area contributed by atoms with Gasteiger partial charge >= 0.3 is 0 Å². The Morgan fingerprint density at radius 2 is 2.19 bits per heavy atom. The van der Waals surface area contributed by atoms with Crippen molar-refractivity contribution >= 4 is 10.0 Å². The van der Waals surface area contributed by atoms with Crippen LogP contribution in [-0.4, -0.2) is 30.3 Å². The molecule has 0 spiro atoms. The van der Waals surface area contributed by atoms with Crippen molar-refractivity contribution in [1.29, 1.82) is 0 Å². The van der Waals surface area contributed by atoms with E-state index in [1.807, 2.05) is 0 Å². The summed E-state index contributed by atoms with van der Waals surface area (Å²) in [7, 11) is -0.567. The molecule has 0 atom stereocenters. The topological polar surface area (TPSA) is 112 Å². The van der Waals surface area contributed by atoms with E-state index in [-0.39, 0.29) is 17.2 Å². The largest absolute Gasteiger partial charge is 0.495 e. The van der Waals surface area contributed by atoms with E-state index in [4.69, 9.17) is 10.5 Å². The van der Waals surface area contributed by atoms with Crippen LogP contribution in [0.2, 0.25) is 0 Å². The molecule has 0 unspecified atom stereocenters. The molecule has 3 N–H and O–H groups in total. The molecule has 0 aliphatic rings. The highest BCUT2D eigenvalue weighted by molar-refractivity contribution is 7.89. The van der Waals surface area contributed by atoms with Crippen LogP contribution in [0.1, 0.15) is 11.4 Å². The Bertz CT molecular complexity index is 726. The van der Waals surface area contributed by atoms with Crippen LogP contribution in [-0.2, 0) is 30.2 Å². The normalized spacial score (nSPS) is 11.6. The van der Waals surface area contributed by atoms with Crippen molar-refractivity contribution in [3.63, 3.8) is 0 Å². The van der Waals surface area contributed by atoms with Crippen LogP contribution >= 0.6 is 0 Å². The number of benzene rings is 1. The van der Waals surface area contributed by atoms with Gasteiger partial charge in [0.25, 0.3) is 0 Å². The van der Waals surface area contributed by atoms with Crippen molar-refractivity contribution < 1.29 is 13.2 Å². The van der Waals surface area contributed by atoms with Crippen molar-refractivity contribution in [2.24, 2.45) is 12.8 Å². The van der Waals surface area contributed by atoms with Gasteiger partial charge in [-0.1, -0.05) is 6.07 Å². The molecule has 0 radical (unpaired) electrons. The first-order valence-corrected chi connectivity index (χ1v) is 7.65. The minimum atomic E-state index is -3.72. The molecule has 0 saturated heterocycles. The number of aryl methyl sites for hydroxylation is 1. The second-order valence-corrected chi connectivity index (χ2v) is 6.11. The Morgan fingerprint density at radius 1 is 1.43 bits per heavy atom. The van der Waals surface area contributed by atoms with E-state index in [1.54, 1.807) is 23.7 Å². The average Bonchev–Trinajstić information content (AvgIpc) is 2.89. The molecule has 1 aromatic carbocycles. The molecule has 1 aromatic heterocycles. The van der Waals surface area contributed by atoms with Gasteiger partial charge in [-0.15, -0.1) is 10.2 Å². The Morgan fingerprint density at radius 3 is 2.76 bits per heavy atom. The Kier molecular flexibility index (Phi) is 4.56. The van der Waals surface area contributed by atoms with Crippen molar-refractivity contribution in [2.75, 3.05) is 7.11 Å². The molecule has 21 heavy (non-hydrogen) atoms. The fourth-order valence-corrected chi connectivity index (χ4v) is 2.89. The molecule has 0 amide bonds. The van der Waals surface area contributed by atoms with Gasteiger partial charge in [0.2, 0.25) is 10.0 Å². The molecule has 0 fully saturated rings. The van der Waals surface area contributed by atoms with Crippen LogP contribution in [0, 0.1) is 0 Å². The molecule has 2 rings (SSSR count). The van der Waals surface area contributed by atoms with Gasteiger partial charge in [-0.25, -0.2) is 13.1 Å². The minimum Gasteiger partial charge on any atom is -0.495 e. The minimum absolute atomic E-state index is 0.0423. The lowest BCUT2D eigenvalue weighted by atomic mass is 10.2. The number of nitrogens with two attached hydrogens (primary N) is 1. The van der Waals surface area contributed by atoms with Crippen molar-refractivity contribution in [3.05, 3.63) is 35.9 Å². The number of methoxy groups -OCH3 is 1. The van der Waals surface area contributed by atoms with E-state index in [0.717, 1.165) is 5.56 Å². The first-order valence-electron chi connectivity index (χ1n) is 6.17. The highest BCUT2D eigenvalue weighted by Gasteiger charge is 2.20. The number of sulfonamides is 1. The summed E-state index contributed by atoms with van der Waals surface area (Å²) in [5.41, 5.74) is 6.32. The molecule has 8 nitrogen and oxygen atoms in total. The Balaban J connectivity index is 2.25. The van der Waals surface area contributed by atoms with Gasteiger partial charge in [-0.3, -0.25) is 0 Å². The van der Waals surface area contributed by atoms with Gasteiger partial charge in [0.1, 0.15) is 22.8 Å². The lowest BCUT2D eigenvalue weighted by molar-refractivity contribution is 0.401. The molecule has 0 bridgehead atoms. The zero-order valence-corrected chi connectivity index (χ0v) is 12.6. The fraction of sp³-hybridized carbons (Fsp3) is 0.333.